The van der Waals surface area contributed by atoms with Gasteiger partial charge in [0.15, 0.2) is 17.3 Å². The van der Waals surface area contributed by atoms with Gasteiger partial charge in [-0.25, -0.2) is 0 Å². The van der Waals surface area contributed by atoms with Crippen LogP contribution in [0.15, 0.2) is 63.7 Å². The summed E-state index contributed by atoms with van der Waals surface area (Å²) >= 11 is 0. The first-order chi connectivity index (χ1) is 21.2. The molecule has 0 aliphatic carbocycles. The van der Waals surface area contributed by atoms with Crippen LogP contribution in [-0.4, -0.2) is 51.1 Å². The Bertz CT molecular complexity index is 1710. The number of likely N-dealkylation sites (tertiary alicyclic amines) is 1. The zero-order valence-electron chi connectivity index (χ0n) is 24.7. The molecule has 2 aliphatic heterocycles. The summed E-state index contributed by atoms with van der Waals surface area (Å²) in [5.74, 6) is 0.129. The fraction of sp³-hybridized carbons (Fsp3) is 0.312. The average Bonchev–Trinajstić information content (AvgIpc) is 3.77. The van der Waals surface area contributed by atoms with Crippen LogP contribution in [0.25, 0.3) is 5.57 Å². The van der Waals surface area contributed by atoms with E-state index in [2.05, 4.69) is 39.6 Å². The van der Waals surface area contributed by atoms with Crippen LogP contribution in [0.2, 0.25) is 0 Å². The van der Waals surface area contributed by atoms with Crippen molar-refractivity contribution in [1.82, 2.24) is 15.0 Å². The Morgan fingerprint density at radius 3 is 2.52 bits per heavy atom. The molecule has 4 heterocycles. The number of fused-ring (bicyclic) bond motifs is 1. The number of rotatable bonds is 9. The number of benzene rings is 2. The van der Waals surface area contributed by atoms with Crippen molar-refractivity contribution in [2.75, 3.05) is 25.5 Å². The number of amides is 1. The second kappa shape index (κ2) is 11.9. The Balaban J connectivity index is 1.44. The van der Waals surface area contributed by atoms with Gasteiger partial charge in [-0.1, -0.05) is 29.4 Å². The van der Waals surface area contributed by atoms with Gasteiger partial charge in [-0.05, 0) is 80.2 Å². The van der Waals surface area contributed by atoms with Gasteiger partial charge >= 0.3 is 5.88 Å². The highest BCUT2D eigenvalue weighted by Crippen LogP contribution is 2.45. The van der Waals surface area contributed by atoms with E-state index in [1.54, 1.807) is 32.2 Å². The summed E-state index contributed by atoms with van der Waals surface area (Å²) < 4.78 is 16.2. The third-order valence-electron chi connectivity index (χ3n) is 8.15. The van der Waals surface area contributed by atoms with E-state index in [0.717, 1.165) is 25.2 Å². The topological polar surface area (TPSA) is 147 Å². The minimum absolute atomic E-state index is 0.114. The number of hydrogen-bond acceptors (Lipinski definition) is 10. The zero-order valence-corrected chi connectivity index (χ0v) is 24.7. The lowest BCUT2D eigenvalue weighted by atomic mass is 9.86. The highest BCUT2D eigenvalue weighted by Gasteiger charge is 2.34. The van der Waals surface area contributed by atoms with E-state index in [9.17, 15) is 20.0 Å². The molecule has 1 fully saturated rings. The fourth-order valence-corrected chi connectivity index (χ4v) is 5.96. The number of anilines is 1. The smallest absolute Gasteiger partial charge is 0.433 e. The number of aromatic hydroxyl groups is 1. The molecule has 1 atom stereocenters. The second-order valence-electron chi connectivity index (χ2n) is 11.1. The largest absolute Gasteiger partial charge is 0.504 e. The number of furan rings is 1. The normalized spacial score (nSPS) is 16.5. The third-order valence-corrected chi connectivity index (χ3v) is 8.15. The lowest BCUT2D eigenvalue weighted by Crippen LogP contribution is -2.31. The molecule has 0 spiro atoms. The van der Waals surface area contributed by atoms with Crippen molar-refractivity contribution in [3.8, 4) is 11.5 Å². The van der Waals surface area contributed by atoms with Crippen LogP contribution in [0.3, 0.4) is 0 Å². The van der Waals surface area contributed by atoms with Gasteiger partial charge in [0.25, 0.3) is 5.91 Å². The molecule has 228 valence electrons. The Morgan fingerprint density at radius 2 is 1.89 bits per heavy atom. The molecule has 44 heavy (non-hydrogen) atoms. The molecule has 6 rings (SSSR count). The molecule has 2 N–H and O–H groups in total. The van der Waals surface area contributed by atoms with E-state index in [-0.39, 0.29) is 29.5 Å². The summed E-state index contributed by atoms with van der Waals surface area (Å²) in [5.41, 5.74) is 4.58. The van der Waals surface area contributed by atoms with Crippen LogP contribution in [0, 0.1) is 24.0 Å². The van der Waals surface area contributed by atoms with Crippen LogP contribution in [-0.2, 0) is 17.9 Å². The minimum atomic E-state index is -0.586. The number of nitro groups is 1. The zero-order chi connectivity index (χ0) is 31.0. The van der Waals surface area contributed by atoms with Gasteiger partial charge < -0.3 is 29.0 Å². The fourth-order valence-electron chi connectivity index (χ4n) is 5.96. The van der Waals surface area contributed by atoms with Crippen molar-refractivity contribution < 1.29 is 28.5 Å². The maximum Gasteiger partial charge on any atom is 0.433 e. The minimum Gasteiger partial charge on any atom is -0.504 e. The summed E-state index contributed by atoms with van der Waals surface area (Å²) in [4.78, 5) is 28.9. The summed E-state index contributed by atoms with van der Waals surface area (Å²) in [6.45, 7) is 6.61. The van der Waals surface area contributed by atoms with Gasteiger partial charge in [0.1, 0.15) is 22.1 Å². The number of aromatic nitrogens is 1. The van der Waals surface area contributed by atoms with Crippen LogP contribution < -0.4 is 10.1 Å². The highest BCUT2D eigenvalue weighted by molar-refractivity contribution is 6.26. The highest BCUT2D eigenvalue weighted by atomic mass is 16.6. The molecular formula is C32H33N5O7. The molecule has 0 bridgehead atoms. The predicted molar refractivity (Wildman–Crippen MR) is 161 cm³/mol. The number of phenolic OH excluding ortho intramolecular Hbond substituents is 1. The lowest BCUT2D eigenvalue weighted by molar-refractivity contribution is -0.402. The predicted octanol–water partition coefficient (Wildman–Crippen LogP) is 5.69. The van der Waals surface area contributed by atoms with Gasteiger partial charge in [0.2, 0.25) is 0 Å². The van der Waals surface area contributed by atoms with Crippen molar-refractivity contribution in [3.63, 3.8) is 0 Å². The molecule has 12 nitrogen and oxygen atoms in total. The Morgan fingerprint density at radius 1 is 1.14 bits per heavy atom. The molecule has 2 aliphatic rings. The SMILES string of the molecule is COc1cc2c(cc1O)C(C(=O)Nc1c(C)noc1C)=CN(Cc1ccc([N+](=O)[O-])o1)C2c1ccc(CN2CCCC2)cc1. The third kappa shape index (κ3) is 5.63. The molecule has 12 heteroatoms. The quantitative estimate of drug-likeness (QED) is 0.182. The molecule has 2 aromatic heterocycles. The monoisotopic (exact) mass is 599 g/mol. The second-order valence-corrected chi connectivity index (χ2v) is 11.1. The van der Waals surface area contributed by atoms with Gasteiger partial charge in [0.05, 0.1) is 31.3 Å². The number of methoxy groups -OCH3 is 1. The molecular weight excluding hydrogens is 566 g/mol. The molecule has 0 radical (unpaired) electrons. The van der Waals surface area contributed by atoms with Gasteiger partial charge in [0, 0.05) is 12.7 Å². The number of carbonyl (C=O) groups is 1. The van der Waals surface area contributed by atoms with Crippen LogP contribution >= 0.6 is 0 Å². The van der Waals surface area contributed by atoms with Crippen LogP contribution in [0.4, 0.5) is 11.6 Å². The number of nitrogens with one attached hydrogen (secondary N) is 1. The molecule has 4 aromatic rings. The first-order valence-corrected chi connectivity index (χ1v) is 14.4. The summed E-state index contributed by atoms with van der Waals surface area (Å²) in [7, 11) is 1.47. The summed E-state index contributed by atoms with van der Waals surface area (Å²) in [6.07, 6.45) is 4.12. The van der Waals surface area contributed by atoms with Gasteiger partial charge in [-0.15, -0.1) is 0 Å². The van der Waals surface area contributed by atoms with Crippen molar-refractivity contribution in [2.45, 2.75) is 45.8 Å². The van der Waals surface area contributed by atoms with Crippen molar-refractivity contribution in [3.05, 3.63) is 104 Å². The van der Waals surface area contributed by atoms with Crippen LogP contribution in [0.1, 0.15) is 58.4 Å². The Kier molecular flexibility index (Phi) is 7.83. The first kappa shape index (κ1) is 29.0. The molecule has 1 saturated heterocycles. The van der Waals surface area contributed by atoms with Gasteiger partial charge in [-0.2, -0.15) is 0 Å². The standard InChI is InChI=1S/C32H33N5O7/c1-19-30(20(2)44-34-19)33-32(39)26-18-36(17-23-10-11-29(43-23)37(40)41)31(25-15-28(42-3)27(38)14-24(25)26)22-8-6-21(7-9-22)16-35-12-4-5-13-35/h6-11,14-15,18,31,38H,4-5,12-13,16-17H2,1-3H3,(H,33,39). The number of carbonyl (C=O) groups excluding carboxylic acids is 1. The number of phenols is 1. The number of nitrogens with zero attached hydrogens (tertiary/aromatic N) is 4. The summed E-state index contributed by atoms with van der Waals surface area (Å²) in [5, 5.41) is 29.0. The maximum absolute atomic E-state index is 13.8. The van der Waals surface area contributed by atoms with Crippen molar-refractivity contribution in [1.29, 1.82) is 0 Å². The van der Waals surface area contributed by atoms with Gasteiger partial charge in [-0.3, -0.25) is 19.8 Å². The van der Waals surface area contributed by atoms with E-state index in [4.69, 9.17) is 13.7 Å². The van der Waals surface area contributed by atoms with E-state index < -0.39 is 16.9 Å². The Labute approximate surface area is 253 Å². The number of hydrogen-bond donors (Lipinski definition) is 2. The van der Waals surface area contributed by atoms with Crippen molar-refractivity contribution >= 4 is 23.1 Å². The summed E-state index contributed by atoms with van der Waals surface area (Å²) in [6, 6.07) is 14.0. The molecule has 1 amide bonds. The van der Waals surface area contributed by atoms with E-state index in [0.29, 0.717) is 34.0 Å². The molecule has 0 saturated carbocycles. The maximum atomic E-state index is 13.8. The molecule has 1 unspecified atom stereocenters. The number of ether oxygens (including phenoxy) is 1. The molecule has 2 aromatic carbocycles. The van der Waals surface area contributed by atoms with Crippen LogP contribution in [0.5, 0.6) is 11.5 Å². The Hall–Kier alpha value is -5.10. The van der Waals surface area contributed by atoms with E-state index >= 15 is 0 Å². The average molecular weight is 600 g/mol. The van der Waals surface area contributed by atoms with E-state index in [1.165, 1.54) is 37.6 Å². The van der Waals surface area contributed by atoms with Crippen molar-refractivity contribution in [2.24, 2.45) is 0 Å². The number of aryl methyl sites for hydroxylation is 2. The first-order valence-electron chi connectivity index (χ1n) is 14.4. The lowest BCUT2D eigenvalue weighted by Gasteiger charge is -2.37. The van der Waals surface area contributed by atoms with E-state index in [1.807, 2.05) is 4.90 Å².